The van der Waals surface area contributed by atoms with Crippen molar-refractivity contribution in [2.45, 2.75) is 0 Å². The van der Waals surface area contributed by atoms with Crippen LogP contribution in [0.5, 0.6) is 5.75 Å². The number of nitrogens with zero attached hydrogens (tertiary/aromatic N) is 3. The molecule has 0 aliphatic rings. The SMILES string of the molecule is Nc1ccc(-c2nnc(/N=C/c3ccc(F)cc3)s2)c(O)c1. The average Bonchev–Trinajstić information content (AvgIpc) is 2.95. The number of nitrogen functional groups attached to an aromatic ring is 1. The van der Waals surface area contributed by atoms with Gasteiger partial charge in [-0.25, -0.2) is 9.38 Å². The number of aromatic hydroxyl groups is 1. The van der Waals surface area contributed by atoms with Crippen LogP contribution >= 0.6 is 11.3 Å². The Morgan fingerprint density at radius 3 is 2.64 bits per heavy atom. The molecule has 0 unspecified atom stereocenters. The monoisotopic (exact) mass is 314 g/mol. The van der Waals surface area contributed by atoms with Crippen molar-refractivity contribution in [1.29, 1.82) is 0 Å². The van der Waals surface area contributed by atoms with E-state index in [1.54, 1.807) is 30.5 Å². The molecule has 0 saturated heterocycles. The molecule has 1 aromatic heterocycles. The van der Waals surface area contributed by atoms with Crippen LogP contribution in [0.3, 0.4) is 0 Å². The van der Waals surface area contributed by atoms with Gasteiger partial charge in [0.15, 0.2) is 5.01 Å². The Labute approximate surface area is 129 Å². The smallest absolute Gasteiger partial charge is 0.231 e. The highest BCUT2D eigenvalue weighted by molar-refractivity contribution is 7.18. The van der Waals surface area contributed by atoms with E-state index in [9.17, 15) is 9.50 Å². The number of benzene rings is 2. The molecule has 110 valence electrons. The van der Waals surface area contributed by atoms with E-state index in [1.807, 2.05) is 0 Å². The van der Waals surface area contributed by atoms with Crippen LogP contribution in [0.15, 0.2) is 47.5 Å². The van der Waals surface area contributed by atoms with Crippen LogP contribution < -0.4 is 5.73 Å². The normalized spacial score (nSPS) is 11.1. The number of aliphatic imine (C=N–C) groups is 1. The van der Waals surface area contributed by atoms with Gasteiger partial charge in [-0.1, -0.05) is 23.5 Å². The van der Waals surface area contributed by atoms with Crippen molar-refractivity contribution in [3.63, 3.8) is 0 Å². The molecule has 5 nitrogen and oxygen atoms in total. The fourth-order valence-corrected chi connectivity index (χ4v) is 2.51. The van der Waals surface area contributed by atoms with Crippen molar-refractivity contribution in [2.24, 2.45) is 4.99 Å². The van der Waals surface area contributed by atoms with Crippen LogP contribution in [-0.2, 0) is 0 Å². The van der Waals surface area contributed by atoms with E-state index < -0.39 is 0 Å². The molecule has 3 N–H and O–H groups in total. The summed E-state index contributed by atoms with van der Waals surface area (Å²) >= 11 is 1.23. The summed E-state index contributed by atoms with van der Waals surface area (Å²) in [7, 11) is 0. The summed E-state index contributed by atoms with van der Waals surface area (Å²) in [5, 5.41) is 18.8. The van der Waals surface area contributed by atoms with Crippen LogP contribution in [0.1, 0.15) is 5.56 Å². The minimum absolute atomic E-state index is 0.0465. The van der Waals surface area contributed by atoms with Gasteiger partial charge in [0, 0.05) is 18.0 Å². The second-order valence-electron chi connectivity index (χ2n) is 4.48. The Morgan fingerprint density at radius 1 is 1.14 bits per heavy atom. The summed E-state index contributed by atoms with van der Waals surface area (Å²) in [6, 6.07) is 10.8. The second-order valence-corrected chi connectivity index (χ2v) is 5.43. The van der Waals surface area contributed by atoms with E-state index in [4.69, 9.17) is 5.73 Å². The zero-order valence-electron chi connectivity index (χ0n) is 11.3. The second kappa shape index (κ2) is 5.90. The lowest BCUT2D eigenvalue weighted by Crippen LogP contribution is -1.85. The minimum atomic E-state index is -0.297. The lowest BCUT2D eigenvalue weighted by Gasteiger charge is -2.00. The summed E-state index contributed by atoms with van der Waals surface area (Å²) in [6.45, 7) is 0. The third-order valence-corrected chi connectivity index (χ3v) is 3.73. The number of hydrogen-bond donors (Lipinski definition) is 2. The summed E-state index contributed by atoms with van der Waals surface area (Å²) in [4.78, 5) is 4.19. The highest BCUT2D eigenvalue weighted by Crippen LogP contribution is 2.34. The van der Waals surface area contributed by atoms with Crippen molar-refractivity contribution in [3.05, 3.63) is 53.8 Å². The molecule has 3 aromatic rings. The molecule has 0 radical (unpaired) electrons. The van der Waals surface area contributed by atoms with Crippen LogP contribution in [0.25, 0.3) is 10.6 Å². The number of phenolic OH excluding ortho intramolecular Hbond substituents is 1. The number of anilines is 1. The molecule has 22 heavy (non-hydrogen) atoms. The number of rotatable bonds is 3. The Kier molecular flexibility index (Phi) is 3.80. The first-order valence-corrected chi connectivity index (χ1v) is 7.15. The molecule has 0 aliphatic heterocycles. The van der Waals surface area contributed by atoms with Crippen LogP contribution in [0, 0.1) is 5.82 Å². The summed E-state index contributed by atoms with van der Waals surface area (Å²) in [6.07, 6.45) is 1.58. The third-order valence-electron chi connectivity index (χ3n) is 2.86. The van der Waals surface area contributed by atoms with Crippen LogP contribution in [0.4, 0.5) is 15.2 Å². The van der Waals surface area contributed by atoms with Gasteiger partial charge in [0.25, 0.3) is 0 Å². The van der Waals surface area contributed by atoms with E-state index in [2.05, 4.69) is 15.2 Å². The predicted molar refractivity (Wildman–Crippen MR) is 85.1 cm³/mol. The first kappa shape index (κ1) is 14.2. The zero-order valence-corrected chi connectivity index (χ0v) is 12.1. The van der Waals surface area contributed by atoms with Gasteiger partial charge < -0.3 is 10.8 Å². The number of hydrogen-bond acceptors (Lipinski definition) is 6. The summed E-state index contributed by atoms with van der Waals surface area (Å²) < 4.78 is 12.8. The topological polar surface area (TPSA) is 84.4 Å². The molecule has 0 bridgehead atoms. The van der Waals surface area contributed by atoms with Gasteiger partial charge in [-0.15, -0.1) is 10.2 Å². The highest BCUT2D eigenvalue weighted by Gasteiger charge is 2.10. The number of nitrogens with two attached hydrogens (primary N) is 1. The molecule has 2 aromatic carbocycles. The standard InChI is InChI=1S/C15H11FN4OS/c16-10-3-1-9(2-4-10)8-18-15-20-19-14(22-15)12-6-5-11(17)7-13(12)21/h1-8,21H,17H2/b18-8+. The maximum atomic E-state index is 12.8. The fraction of sp³-hybridized carbons (Fsp3) is 0. The fourth-order valence-electron chi connectivity index (χ4n) is 1.78. The van der Waals surface area contributed by atoms with Gasteiger partial charge in [-0.05, 0) is 29.8 Å². The van der Waals surface area contributed by atoms with Gasteiger partial charge in [-0.2, -0.15) is 0 Å². The van der Waals surface area contributed by atoms with Crippen molar-refractivity contribution in [3.8, 4) is 16.3 Å². The lowest BCUT2D eigenvalue weighted by atomic mass is 10.2. The van der Waals surface area contributed by atoms with Crippen LogP contribution in [-0.4, -0.2) is 21.5 Å². The molecule has 0 saturated carbocycles. The molecule has 1 heterocycles. The van der Waals surface area contributed by atoms with Gasteiger partial charge in [0.05, 0.1) is 5.56 Å². The Morgan fingerprint density at radius 2 is 1.91 bits per heavy atom. The molecule has 7 heteroatoms. The average molecular weight is 314 g/mol. The molecule has 0 atom stereocenters. The number of halogens is 1. The first-order valence-electron chi connectivity index (χ1n) is 6.34. The molecule has 0 fully saturated rings. The molecule has 0 aliphatic carbocycles. The largest absolute Gasteiger partial charge is 0.507 e. The van der Waals surface area contributed by atoms with Gasteiger partial charge in [-0.3, -0.25) is 0 Å². The van der Waals surface area contributed by atoms with Crippen molar-refractivity contribution >= 4 is 28.4 Å². The zero-order chi connectivity index (χ0) is 15.5. The Balaban J connectivity index is 1.83. The van der Waals surface area contributed by atoms with E-state index in [-0.39, 0.29) is 11.6 Å². The van der Waals surface area contributed by atoms with Crippen LogP contribution in [0.2, 0.25) is 0 Å². The number of aromatic nitrogens is 2. The Bertz CT molecular complexity index is 830. The van der Waals surface area contributed by atoms with Crippen molar-refractivity contribution < 1.29 is 9.50 Å². The minimum Gasteiger partial charge on any atom is -0.507 e. The molecular weight excluding hydrogens is 303 g/mol. The molecule has 0 spiro atoms. The highest BCUT2D eigenvalue weighted by atomic mass is 32.1. The van der Waals surface area contributed by atoms with E-state index in [0.29, 0.717) is 21.4 Å². The number of phenols is 1. The molecular formula is C15H11FN4OS. The van der Waals surface area contributed by atoms with Crippen molar-refractivity contribution in [1.82, 2.24) is 10.2 Å². The maximum Gasteiger partial charge on any atom is 0.231 e. The lowest BCUT2D eigenvalue weighted by molar-refractivity contribution is 0.477. The predicted octanol–water partition coefficient (Wildman–Crippen LogP) is 3.38. The summed E-state index contributed by atoms with van der Waals surface area (Å²) in [5.74, 6) is -0.251. The summed E-state index contributed by atoms with van der Waals surface area (Å²) in [5.41, 5.74) is 7.37. The quantitative estimate of drug-likeness (QED) is 0.573. The maximum absolute atomic E-state index is 12.8. The Hall–Kier alpha value is -2.80. The first-order chi connectivity index (χ1) is 10.6. The van der Waals surface area contributed by atoms with Gasteiger partial charge >= 0.3 is 0 Å². The third kappa shape index (κ3) is 3.09. The van der Waals surface area contributed by atoms with E-state index in [0.717, 1.165) is 5.56 Å². The van der Waals surface area contributed by atoms with E-state index >= 15 is 0 Å². The molecule has 3 rings (SSSR count). The van der Waals surface area contributed by atoms with E-state index in [1.165, 1.54) is 29.5 Å². The van der Waals surface area contributed by atoms with Gasteiger partial charge in [0.1, 0.15) is 11.6 Å². The van der Waals surface area contributed by atoms with Gasteiger partial charge in [0.2, 0.25) is 5.13 Å². The van der Waals surface area contributed by atoms with Crippen molar-refractivity contribution in [2.75, 3.05) is 5.73 Å². The molecule has 0 amide bonds.